The first kappa shape index (κ1) is 13.8. The van der Waals surface area contributed by atoms with Crippen LogP contribution >= 0.6 is 0 Å². The second-order valence-electron chi connectivity index (χ2n) is 5.36. The summed E-state index contributed by atoms with van der Waals surface area (Å²) in [6.07, 6.45) is 4.40. The molecule has 1 atom stereocenters. The highest BCUT2D eigenvalue weighted by molar-refractivity contribution is 5.78. The first-order valence-electron chi connectivity index (χ1n) is 7.04. The molecule has 0 aromatic carbocycles. The van der Waals surface area contributed by atoms with E-state index in [-0.39, 0.29) is 5.91 Å². The minimum Gasteiger partial charge on any atom is -0.381 e. The summed E-state index contributed by atoms with van der Waals surface area (Å²) in [5, 5.41) is 6.32. The van der Waals surface area contributed by atoms with Crippen molar-refractivity contribution in [3.63, 3.8) is 0 Å². The zero-order chi connectivity index (χ0) is 12.8. The summed E-state index contributed by atoms with van der Waals surface area (Å²) >= 11 is 0. The van der Waals surface area contributed by atoms with Crippen LogP contribution in [-0.2, 0) is 9.53 Å². The van der Waals surface area contributed by atoms with Gasteiger partial charge in [-0.2, -0.15) is 0 Å². The van der Waals surface area contributed by atoms with Crippen LogP contribution in [0, 0.1) is 0 Å². The Hall–Kier alpha value is -0.650. The molecule has 2 saturated heterocycles. The van der Waals surface area contributed by atoms with E-state index in [1.165, 1.54) is 19.4 Å². The second-order valence-corrected chi connectivity index (χ2v) is 5.36. The predicted molar refractivity (Wildman–Crippen MR) is 70.5 cm³/mol. The van der Waals surface area contributed by atoms with Gasteiger partial charge in [-0.05, 0) is 39.3 Å². The highest BCUT2D eigenvalue weighted by Gasteiger charge is 2.20. The van der Waals surface area contributed by atoms with Crippen LogP contribution in [0.1, 0.15) is 25.7 Å². The number of hydrogen-bond acceptors (Lipinski definition) is 4. The van der Waals surface area contributed by atoms with Crippen molar-refractivity contribution < 1.29 is 9.53 Å². The number of ether oxygens (including phenoxy) is 1. The van der Waals surface area contributed by atoms with Crippen molar-refractivity contribution in [2.45, 2.75) is 37.8 Å². The minimum atomic E-state index is 0.113. The van der Waals surface area contributed by atoms with E-state index in [4.69, 9.17) is 4.74 Å². The zero-order valence-electron chi connectivity index (χ0n) is 11.3. The van der Waals surface area contributed by atoms with Gasteiger partial charge in [-0.3, -0.25) is 4.79 Å². The predicted octanol–water partition coefficient (Wildman–Crippen LogP) is -0.0346. The van der Waals surface area contributed by atoms with Gasteiger partial charge in [0.2, 0.25) is 5.91 Å². The number of likely N-dealkylation sites (N-methyl/N-ethyl adjacent to an activating group) is 1. The molecular formula is C13H25N3O2. The Morgan fingerprint density at radius 2 is 2.11 bits per heavy atom. The number of rotatable bonds is 5. The first-order chi connectivity index (χ1) is 8.75. The molecule has 0 aromatic rings. The van der Waals surface area contributed by atoms with Crippen molar-refractivity contribution in [1.82, 2.24) is 15.5 Å². The zero-order valence-corrected chi connectivity index (χ0v) is 11.3. The van der Waals surface area contributed by atoms with Gasteiger partial charge in [0.05, 0.1) is 6.54 Å². The number of amides is 1. The number of carbonyl (C=O) groups is 1. The molecule has 2 N–H and O–H groups in total. The Morgan fingerprint density at radius 1 is 1.33 bits per heavy atom. The molecule has 104 valence electrons. The summed E-state index contributed by atoms with van der Waals surface area (Å²) < 4.78 is 5.27. The fourth-order valence-electron chi connectivity index (χ4n) is 2.71. The van der Waals surface area contributed by atoms with Crippen molar-refractivity contribution in [3.8, 4) is 0 Å². The Bertz CT molecular complexity index is 267. The molecular weight excluding hydrogens is 230 g/mol. The number of nitrogens with one attached hydrogen (secondary N) is 2. The number of carbonyl (C=O) groups excluding carboxylic acids is 1. The molecule has 0 bridgehead atoms. The summed E-state index contributed by atoms with van der Waals surface area (Å²) in [7, 11) is 2.15. The Kier molecular flexibility index (Phi) is 5.41. The van der Waals surface area contributed by atoms with Gasteiger partial charge < -0.3 is 20.3 Å². The SMILES string of the molecule is CN1CCCC1CNCC(=O)NC1CCOCC1. The average molecular weight is 255 g/mol. The maximum Gasteiger partial charge on any atom is 0.234 e. The second kappa shape index (κ2) is 7.07. The van der Waals surface area contributed by atoms with Crippen LogP contribution in [0.4, 0.5) is 0 Å². The fraction of sp³-hybridized carbons (Fsp3) is 0.923. The third-order valence-electron chi connectivity index (χ3n) is 3.92. The molecule has 2 aliphatic heterocycles. The van der Waals surface area contributed by atoms with Crippen LogP contribution in [-0.4, -0.2) is 62.8 Å². The Labute approximate surface area is 109 Å². The molecule has 1 amide bonds. The average Bonchev–Trinajstić information content (AvgIpc) is 2.76. The molecule has 0 radical (unpaired) electrons. The summed E-state index contributed by atoms with van der Waals surface area (Å²) in [6.45, 7) is 4.07. The molecule has 0 aliphatic carbocycles. The third-order valence-corrected chi connectivity index (χ3v) is 3.92. The Balaban J connectivity index is 1.56. The minimum absolute atomic E-state index is 0.113. The maximum atomic E-state index is 11.7. The van der Waals surface area contributed by atoms with Crippen LogP contribution in [0.2, 0.25) is 0 Å². The molecule has 0 saturated carbocycles. The van der Waals surface area contributed by atoms with Gasteiger partial charge >= 0.3 is 0 Å². The van der Waals surface area contributed by atoms with Crippen LogP contribution in [0.5, 0.6) is 0 Å². The van der Waals surface area contributed by atoms with E-state index in [2.05, 4.69) is 22.6 Å². The summed E-state index contributed by atoms with van der Waals surface area (Å²) in [5.74, 6) is 0.113. The molecule has 0 aromatic heterocycles. The van der Waals surface area contributed by atoms with Crippen molar-refractivity contribution in [2.75, 3.05) is 39.9 Å². The topological polar surface area (TPSA) is 53.6 Å². The van der Waals surface area contributed by atoms with Crippen LogP contribution in [0.25, 0.3) is 0 Å². The van der Waals surface area contributed by atoms with Crippen LogP contribution in [0.3, 0.4) is 0 Å². The van der Waals surface area contributed by atoms with Gasteiger partial charge in [0.15, 0.2) is 0 Å². The largest absolute Gasteiger partial charge is 0.381 e. The van der Waals surface area contributed by atoms with Crippen molar-refractivity contribution in [1.29, 1.82) is 0 Å². The number of hydrogen-bond donors (Lipinski definition) is 2. The Morgan fingerprint density at radius 3 is 2.78 bits per heavy atom. The van der Waals surface area contributed by atoms with Gasteiger partial charge in [-0.15, -0.1) is 0 Å². The standard InChI is InChI=1S/C13H25N3O2/c1-16-6-2-3-12(16)9-14-10-13(17)15-11-4-7-18-8-5-11/h11-12,14H,2-10H2,1H3,(H,15,17). The molecule has 2 fully saturated rings. The van der Waals surface area contributed by atoms with E-state index in [1.54, 1.807) is 0 Å². The monoisotopic (exact) mass is 255 g/mol. The molecule has 1 unspecified atom stereocenters. The molecule has 2 aliphatic rings. The molecule has 18 heavy (non-hydrogen) atoms. The fourth-order valence-corrected chi connectivity index (χ4v) is 2.71. The lowest BCUT2D eigenvalue weighted by molar-refractivity contribution is -0.121. The first-order valence-corrected chi connectivity index (χ1v) is 7.04. The van der Waals surface area contributed by atoms with Crippen LogP contribution < -0.4 is 10.6 Å². The van der Waals surface area contributed by atoms with Gasteiger partial charge in [-0.25, -0.2) is 0 Å². The van der Waals surface area contributed by atoms with Gasteiger partial charge in [0, 0.05) is 31.8 Å². The highest BCUT2D eigenvalue weighted by Crippen LogP contribution is 2.13. The van der Waals surface area contributed by atoms with Crippen molar-refractivity contribution in [2.24, 2.45) is 0 Å². The molecule has 0 spiro atoms. The van der Waals surface area contributed by atoms with Gasteiger partial charge in [0.25, 0.3) is 0 Å². The maximum absolute atomic E-state index is 11.7. The van der Waals surface area contributed by atoms with E-state index in [0.717, 1.165) is 32.6 Å². The van der Waals surface area contributed by atoms with Gasteiger partial charge in [-0.1, -0.05) is 0 Å². The quantitative estimate of drug-likeness (QED) is 0.724. The lowest BCUT2D eigenvalue weighted by Gasteiger charge is -2.24. The third kappa shape index (κ3) is 4.23. The smallest absolute Gasteiger partial charge is 0.234 e. The molecule has 2 rings (SSSR count). The number of nitrogens with zero attached hydrogens (tertiary/aromatic N) is 1. The lowest BCUT2D eigenvalue weighted by Crippen LogP contribution is -2.45. The summed E-state index contributed by atoms with van der Waals surface area (Å²) in [6, 6.07) is 0.906. The summed E-state index contributed by atoms with van der Waals surface area (Å²) in [5.41, 5.74) is 0. The van der Waals surface area contributed by atoms with Crippen LogP contribution in [0.15, 0.2) is 0 Å². The van der Waals surface area contributed by atoms with Crippen molar-refractivity contribution in [3.05, 3.63) is 0 Å². The van der Waals surface area contributed by atoms with Gasteiger partial charge in [0.1, 0.15) is 0 Å². The number of likely N-dealkylation sites (tertiary alicyclic amines) is 1. The van der Waals surface area contributed by atoms with E-state index in [0.29, 0.717) is 18.6 Å². The van der Waals surface area contributed by atoms with Crippen molar-refractivity contribution >= 4 is 5.91 Å². The van der Waals surface area contributed by atoms with E-state index >= 15 is 0 Å². The summed E-state index contributed by atoms with van der Waals surface area (Å²) in [4.78, 5) is 14.1. The lowest BCUT2D eigenvalue weighted by atomic mass is 10.1. The molecule has 5 nitrogen and oxygen atoms in total. The molecule has 5 heteroatoms. The van der Waals surface area contributed by atoms with E-state index in [9.17, 15) is 4.79 Å². The van der Waals surface area contributed by atoms with E-state index in [1.807, 2.05) is 0 Å². The normalized spacial score (nSPS) is 26.4. The van der Waals surface area contributed by atoms with E-state index < -0.39 is 0 Å². The highest BCUT2D eigenvalue weighted by atomic mass is 16.5. The molecule has 2 heterocycles.